The minimum atomic E-state index is -1.20. The monoisotopic (exact) mass is 626 g/mol. The van der Waals surface area contributed by atoms with Crippen LogP contribution in [0, 0.1) is 28.6 Å². The van der Waals surface area contributed by atoms with Gasteiger partial charge in [0.1, 0.15) is 12.4 Å². The highest BCUT2D eigenvalue weighted by atomic mass is 16.7. The Hall–Kier alpha value is -2.35. The first kappa shape index (κ1) is 33.5. The third kappa shape index (κ3) is 5.62. The second-order valence-corrected chi connectivity index (χ2v) is 15.3. The summed E-state index contributed by atoms with van der Waals surface area (Å²) in [5.74, 6) is 0.776. The standard InChI is InChI=1S/C37H50B2NO6/c1-6-8-17-36(5,38)39-40-24-11-13-26(14-12-24)44-22-30(43)37-31(45-32(46-37)9-7-2)20-28-27-15-10-23-19-25(41)16-18-34(23,3)33(27)29(42)21-35(28,37)4/h11-14,16,18-19,27-29,31-33,40,42H,6-10,15,17,20-22H2,1-5H3/t27-,28-,29-,31+,32+,33+,34-,35-,36?,37+/m0/s1. The number of rotatable bonds is 12. The number of allylic oxidation sites excluding steroid dienone is 4. The van der Waals surface area contributed by atoms with Crippen LogP contribution in [0.5, 0.6) is 5.75 Å². The van der Waals surface area contributed by atoms with Gasteiger partial charge in [0.25, 0.3) is 0 Å². The van der Waals surface area contributed by atoms with E-state index >= 15 is 0 Å². The SMILES string of the molecule is [B]C(C)([B]Nc1ccc(OCC(=O)[C@@]23O[C@H](CCC)O[C@@H]2C[C@H]2[C@@H]4CCC5=CC(=O)C=C[C@]5(C)[C@H]4[C@@H](O)C[C@@]23C)cc1)CCCC. The van der Waals surface area contributed by atoms with Crippen LogP contribution in [0.1, 0.15) is 92.4 Å². The first-order chi connectivity index (χ1) is 21.9. The van der Waals surface area contributed by atoms with Crippen LogP contribution in [0.2, 0.25) is 5.21 Å². The zero-order valence-corrected chi connectivity index (χ0v) is 28.2. The van der Waals surface area contributed by atoms with E-state index in [9.17, 15) is 14.7 Å². The van der Waals surface area contributed by atoms with Gasteiger partial charge in [0.05, 0.1) is 20.1 Å². The first-order valence-corrected chi connectivity index (χ1v) is 17.5. The number of Topliss-reactive ketones (excluding diaryl/α,β-unsaturated/α-hetero) is 1. The van der Waals surface area contributed by atoms with Crippen LogP contribution in [0.25, 0.3) is 0 Å². The second kappa shape index (κ2) is 12.6. The van der Waals surface area contributed by atoms with E-state index in [0.29, 0.717) is 25.0 Å². The molecule has 1 aliphatic heterocycles. The van der Waals surface area contributed by atoms with E-state index in [1.165, 1.54) is 0 Å². The lowest BCUT2D eigenvalue weighted by Crippen LogP contribution is -2.63. The van der Waals surface area contributed by atoms with Crippen molar-refractivity contribution in [2.75, 3.05) is 11.8 Å². The van der Waals surface area contributed by atoms with Crippen molar-refractivity contribution >= 4 is 32.5 Å². The van der Waals surface area contributed by atoms with Gasteiger partial charge in [0.15, 0.2) is 17.7 Å². The lowest BCUT2D eigenvalue weighted by atomic mass is 9.46. The zero-order chi connectivity index (χ0) is 32.9. The van der Waals surface area contributed by atoms with Crippen molar-refractivity contribution in [1.29, 1.82) is 0 Å². The van der Waals surface area contributed by atoms with E-state index in [1.54, 1.807) is 12.2 Å². The van der Waals surface area contributed by atoms with Crippen LogP contribution >= 0.6 is 0 Å². The number of fused-ring (bicyclic) bond motifs is 7. The first-order valence-electron chi connectivity index (χ1n) is 17.5. The van der Waals surface area contributed by atoms with Gasteiger partial charge >= 0.3 is 0 Å². The summed E-state index contributed by atoms with van der Waals surface area (Å²) in [6.07, 6.45) is 11.4. The molecule has 10 atom stereocenters. The third-order valence-corrected chi connectivity index (χ3v) is 12.1. The summed E-state index contributed by atoms with van der Waals surface area (Å²) in [5, 5.41) is 14.8. The topological polar surface area (TPSA) is 94.1 Å². The molecule has 0 amide bonds. The van der Waals surface area contributed by atoms with Gasteiger partial charge < -0.3 is 24.5 Å². The molecular weight excluding hydrogens is 576 g/mol. The van der Waals surface area contributed by atoms with Crippen LogP contribution in [-0.2, 0) is 19.1 Å². The van der Waals surface area contributed by atoms with E-state index in [1.807, 2.05) is 44.7 Å². The van der Waals surface area contributed by atoms with Crippen LogP contribution in [-0.4, -0.2) is 62.6 Å². The molecule has 1 aromatic carbocycles. The van der Waals surface area contributed by atoms with Crippen LogP contribution < -0.4 is 9.96 Å². The van der Waals surface area contributed by atoms with E-state index in [-0.39, 0.29) is 41.3 Å². The Bertz CT molecular complexity index is 1380. The molecule has 0 aromatic heterocycles. The van der Waals surface area contributed by atoms with Gasteiger partial charge in [0.2, 0.25) is 13.2 Å². The maximum atomic E-state index is 14.5. The maximum absolute atomic E-state index is 14.5. The van der Waals surface area contributed by atoms with Crippen molar-refractivity contribution in [3.63, 3.8) is 0 Å². The Balaban J connectivity index is 1.20. The van der Waals surface area contributed by atoms with Crippen LogP contribution in [0.4, 0.5) is 5.69 Å². The van der Waals surface area contributed by atoms with Gasteiger partial charge in [-0.1, -0.05) is 77.2 Å². The van der Waals surface area contributed by atoms with Gasteiger partial charge in [-0.3, -0.25) is 9.59 Å². The van der Waals surface area contributed by atoms with Gasteiger partial charge in [-0.2, -0.15) is 0 Å². The fourth-order valence-corrected chi connectivity index (χ4v) is 9.79. The number of ether oxygens (including phenoxy) is 3. The molecule has 1 aromatic rings. The highest BCUT2D eigenvalue weighted by molar-refractivity contribution is 6.56. The highest BCUT2D eigenvalue weighted by Gasteiger charge is 2.75. The molecule has 1 unspecified atom stereocenters. The molecule has 245 valence electrons. The number of hydrogen-bond acceptors (Lipinski definition) is 7. The molecule has 6 rings (SSSR count). The number of hydrogen-bond donors (Lipinski definition) is 2. The molecule has 46 heavy (non-hydrogen) atoms. The Kier molecular flexibility index (Phi) is 9.18. The second-order valence-electron chi connectivity index (χ2n) is 15.3. The van der Waals surface area contributed by atoms with Crippen molar-refractivity contribution in [2.24, 2.45) is 28.6 Å². The van der Waals surface area contributed by atoms with E-state index in [2.05, 4.69) is 32.9 Å². The largest absolute Gasteiger partial charge is 0.486 e. The average Bonchev–Trinajstić information content (AvgIpc) is 3.50. The number of aliphatic hydroxyl groups is 1. The predicted molar refractivity (Wildman–Crippen MR) is 181 cm³/mol. The fourth-order valence-electron chi connectivity index (χ4n) is 9.79. The molecule has 1 saturated heterocycles. The Labute approximate surface area is 277 Å². The maximum Gasteiger partial charge on any atom is 0.240 e. The van der Waals surface area contributed by atoms with Crippen molar-refractivity contribution < 1.29 is 28.9 Å². The quantitative estimate of drug-likeness (QED) is 0.262. The fraction of sp³-hybridized carbons (Fsp3) is 0.676. The van der Waals surface area contributed by atoms with Crippen molar-refractivity contribution in [1.82, 2.24) is 0 Å². The minimum Gasteiger partial charge on any atom is -0.486 e. The predicted octanol–water partition coefficient (Wildman–Crippen LogP) is 6.33. The summed E-state index contributed by atoms with van der Waals surface area (Å²) in [6, 6.07) is 7.55. The summed E-state index contributed by atoms with van der Waals surface area (Å²) in [7, 11) is 8.33. The Morgan fingerprint density at radius 3 is 2.70 bits per heavy atom. The zero-order valence-electron chi connectivity index (χ0n) is 28.2. The number of carbonyl (C=O) groups is 2. The molecule has 7 nitrogen and oxygen atoms in total. The molecule has 3 radical (unpaired) electrons. The minimum absolute atomic E-state index is 0.0231. The molecular formula is C37H50B2NO6. The van der Waals surface area contributed by atoms with Crippen molar-refractivity contribution in [3.05, 3.63) is 48.1 Å². The van der Waals surface area contributed by atoms with Crippen LogP contribution in [0.15, 0.2) is 48.1 Å². The molecule has 3 saturated carbocycles. The normalized spacial score (nSPS) is 38.9. The molecule has 0 spiro atoms. The number of ketones is 2. The molecule has 2 N–H and O–H groups in total. The lowest BCUT2D eigenvalue weighted by molar-refractivity contribution is -0.200. The van der Waals surface area contributed by atoms with Crippen LogP contribution in [0.3, 0.4) is 0 Å². The molecule has 0 bridgehead atoms. The number of nitrogens with one attached hydrogen (secondary N) is 1. The van der Waals surface area contributed by atoms with E-state index in [4.69, 9.17) is 22.1 Å². The number of benzene rings is 1. The van der Waals surface area contributed by atoms with Crippen molar-refractivity contribution in [3.8, 4) is 5.75 Å². The van der Waals surface area contributed by atoms with E-state index < -0.39 is 34.7 Å². The summed E-state index contributed by atoms with van der Waals surface area (Å²) in [6.45, 7) is 10.4. The van der Waals surface area contributed by atoms with Gasteiger partial charge in [-0.15, -0.1) is 0 Å². The van der Waals surface area contributed by atoms with Gasteiger partial charge in [-0.05, 0) is 80.4 Å². The molecule has 4 fully saturated rings. The molecule has 4 aliphatic carbocycles. The number of aliphatic hydroxyl groups excluding tert-OH is 1. The van der Waals surface area contributed by atoms with Gasteiger partial charge in [0, 0.05) is 22.4 Å². The molecule has 1 heterocycles. The third-order valence-electron chi connectivity index (χ3n) is 12.1. The number of anilines is 1. The molecule has 9 heteroatoms. The summed E-state index contributed by atoms with van der Waals surface area (Å²) < 4.78 is 19.4. The number of carbonyl (C=O) groups excluding carboxylic acids is 2. The average molecular weight is 626 g/mol. The molecule has 5 aliphatic rings. The Morgan fingerprint density at radius 2 is 1.98 bits per heavy atom. The smallest absolute Gasteiger partial charge is 0.240 e. The summed E-state index contributed by atoms with van der Waals surface area (Å²) in [4.78, 5) is 26.7. The summed E-state index contributed by atoms with van der Waals surface area (Å²) in [5.41, 5.74) is -0.181. The highest BCUT2D eigenvalue weighted by Crippen LogP contribution is 2.69. The summed E-state index contributed by atoms with van der Waals surface area (Å²) >= 11 is 0. The Morgan fingerprint density at radius 1 is 1.22 bits per heavy atom. The van der Waals surface area contributed by atoms with Crippen molar-refractivity contribution in [2.45, 2.75) is 122 Å². The van der Waals surface area contributed by atoms with E-state index in [0.717, 1.165) is 49.8 Å². The lowest BCUT2D eigenvalue weighted by Gasteiger charge is -2.59. The number of unbranched alkanes of at least 4 members (excludes halogenated alkanes) is 1. The van der Waals surface area contributed by atoms with Gasteiger partial charge in [-0.25, -0.2) is 0 Å².